The average molecular weight is 711 g/mol. The average Bonchev–Trinajstić information content (AvgIpc) is 3.89. The number of nitrogens with zero attached hydrogens (tertiary/aromatic N) is 4. The molecule has 6 nitrogen and oxygen atoms in total. The van der Waals surface area contributed by atoms with Gasteiger partial charge in [-0.1, -0.05) is 109 Å². The Hall–Kier alpha value is -7.31. The van der Waals surface area contributed by atoms with Gasteiger partial charge in [0.2, 0.25) is 0 Å². The van der Waals surface area contributed by atoms with Crippen LogP contribution in [0.2, 0.25) is 0 Å². The van der Waals surface area contributed by atoms with Gasteiger partial charge in [-0.05, 0) is 64.7 Å². The number of para-hydroxylation sites is 2. The number of pyridine rings is 1. The van der Waals surface area contributed by atoms with E-state index in [1.807, 2.05) is 36.5 Å². The summed E-state index contributed by atoms with van der Waals surface area (Å²) in [5.41, 5.74) is 11.8. The van der Waals surface area contributed by atoms with Crippen LogP contribution in [-0.4, -0.2) is 23.3 Å². The van der Waals surface area contributed by atoms with E-state index in [1.54, 1.807) is 0 Å². The molecule has 10 aromatic rings. The molecule has 6 heteroatoms. The second kappa shape index (κ2) is 12.4. The zero-order valence-corrected chi connectivity index (χ0v) is 30.1. The Morgan fingerprint density at radius 1 is 0.545 bits per heavy atom. The third kappa shape index (κ3) is 5.14. The number of hydrogen-bond acceptors (Lipinski definition) is 5. The summed E-state index contributed by atoms with van der Waals surface area (Å²) in [4.78, 5) is 9.68. The number of anilines is 3. The molecule has 11 rings (SSSR count). The quantitative estimate of drug-likeness (QED) is 0.172. The summed E-state index contributed by atoms with van der Waals surface area (Å²) in [5, 5.41) is 4.34. The van der Waals surface area contributed by atoms with Crippen molar-refractivity contribution >= 4 is 60.8 Å². The second-order valence-corrected chi connectivity index (χ2v) is 14.2. The summed E-state index contributed by atoms with van der Waals surface area (Å²) in [6, 6.07) is 59.2. The standard InChI is InChI=1S/C49H34N4O2/c1-51-31-52(43-24-23-34(25-44(43)51)32-13-4-2-5-14-32)35-17-12-18-36(26-35)54-37-27-40(33-15-6-3-7-16-33)49-39-20-8-10-21-42(39)53(45(49)28-37)48-29-47-41(30-50-48)38-19-9-11-22-46(38)55-47/h2-30H,31H2,1H3. The van der Waals surface area contributed by atoms with Crippen LogP contribution in [0.25, 0.3) is 71.8 Å². The lowest BCUT2D eigenvalue weighted by Crippen LogP contribution is -2.23. The van der Waals surface area contributed by atoms with E-state index < -0.39 is 0 Å². The van der Waals surface area contributed by atoms with Crippen molar-refractivity contribution < 1.29 is 9.15 Å². The number of benzene rings is 7. The van der Waals surface area contributed by atoms with E-state index in [2.05, 4.69) is 161 Å². The summed E-state index contributed by atoms with van der Waals surface area (Å²) in [5.74, 6) is 2.28. The van der Waals surface area contributed by atoms with Gasteiger partial charge >= 0.3 is 0 Å². The van der Waals surface area contributed by atoms with Crippen LogP contribution in [-0.2, 0) is 0 Å². The first-order valence-corrected chi connectivity index (χ1v) is 18.5. The van der Waals surface area contributed by atoms with Gasteiger partial charge in [-0.2, -0.15) is 0 Å². The molecule has 262 valence electrons. The molecule has 0 bridgehead atoms. The number of hydrogen-bond donors (Lipinski definition) is 0. The monoisotopic (exact) mass is 710 g/mol. The smallest absolute Gasteiger partial charge is 0.141 e. The highest BCUT2D eigenvalue weighted by molar-refractivity contribution is 6.16. The van der Waals surface area contributed by atoms with Crippen molar-refractivity contribution in [2.75, 3.05) is 23.5 Å². The molecule has 7 aromatic carbocycles. The van der Waals surface area contributed by atoms with E-state index >= 15 is 0 Å². The third-order valence-corrected chi connectivity index (χ3v) is 10.8. The minimum atomic E-state index is 0.740. The lowest BCUT2D eigenvalue weighted by atomic mass is 9.99. The Balaban J connectivity index is 1.03. The molecule has 0 atom stereocenters. The topological polar surface area (TPSA) is 46.7 Å². The van der Waals surface area contributed by atoms with Gasteiger partial charge in [-0.15, -0.1) is 0 Å². The van der Waals surface area contributed by atoms with Crippen molar-refractivity contribution in [2.45, 2.75) is 0 Å². The van der Waals surface area contributed by atoms with Crippen molar-refractivity contribution in [3.63, 3.8) is 0 Å². The van der Waals surface area contributed by atoms with E-state index in [0.29, 0.717) is 0 Å². The third-order valence-electron chi connectivity index (χ3n) is 10.8. The Labute approximate surface area is 317 Å². The predicted molar refractivity (Wildman–Crippen MR) is 225 cm³/mol. The highest BCUT2D eigenvalue weighted by Crippen LogP contribution is 2.45. The van der Waals surface area contributed by atoms with Gasteiger partial charge in [-0.3, -0.25) is 4.57 Å². The molecular formula is C49H34N4O2. The largest absolute Gasteiger partial charge is 0.457 e. The molecule has 0 fully saturated rings. The summed E-state index contributed by atoms with van der Waals surface area (Å²) in [6.45, 7) is 0.740. The van der Waals surface area contributed by atoms with Gasteiger partial charge in [0, 0.05) is 58.7 Å². The Morgan fingerprint density at radius 2 is 1.31 bits per heavy atom. The molecule has 1 aliphatic rings. The normalized spacial score (nSPS) is 12.7. The Bertz CT molecular complexity index is 3080. The molecule has 0 saturated heterocycles. The molecule has 0 unspecified atom stereocenters. The number of ether oxygens (including phenoxy) is 1. The summed E-state index contributed by atoms with van der Waals surface area (Å²) >= 11 is 0. The van der Waals surface area contributed by atoms with Crippen molar-refractivity contribution in [2.24, 2.45) is 0 Å². The summed E-state index contributed by atoms with van der Waals surface area (Å²) in [7, 11) is 2.15. The molecule has 0 N–H and O–H groups in total. The molecular weight excluding hydrogens is 677 g/mol. The molecule has 0 radical (unpaired) electrons. The minimum Gasteiger partial charge on any atom is -0.457 e. The first-order valence-electron chi connectivity index (χ1n) is 18.5. The van der Waals surface area contributed by atoms with Crippen LogP contribution < -0.4 is 14.5 Å². The molecule has 1 aliphatic heterocycles. The van der Waals surface area contributed by atoms with Gasteiger partial charge in [0.05, 0.1) is 29.1 Å². The van der Waals surface area contributed by atoms with E-state index in [0.717, 1.165) is 84.5 Å². The Kier molecular flexibility index (Phi) is 7.04. The molecule has 4 heterocycles. The maximum absolute atomic E-state index is 6.85. The van der Waals surface area contributed by atoms with Gasteiger partial charge < -0.3 is 19.0 Å². The lowest BCUT2D eigenvalue weighted by molar-refractivity contribution is 0.483. The van der Waals surface area contributed by atoms with Crippen molar-refractivity contribution in [3.8, 4) is 39.6 Å². The second-order valence-electron chi connectivity index (χ2n) is 14.2. The summed E-state index contributed by atoms with van der Waals surface area (Å²) < 4.78 is 15.4. The van der Waals surface area contributed by atoms with Crippen LogP contribution in [0.15, 0.2) is 180 Å². The first-order chi connectivity index (χ1) is 27.2. The van der Waals surface area contributed by atoms with Crippen LogP contribution >= 0.6 is 0 Å². The highest BCUT2D eigenvalue weighted by atomic mass is 16.5. The van der Waals surface area contributed by atoms with E-state index in [9.17, 15) is 0 Å². The molecule has 0 saturated carbocycles. The fraction of sp³-hybridized carbons (Fsp3) is 0.0408. The zero-order valence-electron chi connectivity index (χ0n) is 30.1. The zero-order chi connectivity index (χ0) is 36.5. The van der Waals surface area contributed by atoms with E-state index in [4.69, 9.17) is 14.1 Å². The maximum Gasteiger partial charge on any atom is 0.141 e. The van der Waals surface area contributed by atoms with Crippen LogP contribution in [0, 0.1) is 0 Å². The minimum absolute atomic E-state index is 0.740. The Morgan fingerprint density at radius 3 is 2.16 bits per heavy atom. The van der Waals surface area contributed by atoms with Gasteiger partial charge in [-0.25, -0.2) is 4.98 Å². The van der Waals surface area contributed by atoms with Crippen molar-refractivity contribution in [1.82, 2.24) is 9.55 Å². The van der Waals surface area contributed by atoms with Gasteiger partial charge in [0.1, 0.15) is 28.5 Å². The predicted octanol–water partition coefficient (Wildman–Crippen LogP) is 12.7. The van der Waals surface area contributed by atoms with Crippen LogP contribution in [0.4, 0.5) is 17.1 Å². The fourth-order valence-electron chi connectivity index (χ4n) is 8.26. The molecule has 0 spiro atoms. The fourth-order valence-corrected chi connectivity index (χ4v) is 8.26. The number of aromatic nitrogens is 2. The number of fused-ring (bicyclic) bond motifs is 7. The SMILES string of the molecule is CN1CN(c2cccc(Oc3cc(-c4ccccc4)c4c5ccccc5n(-c5cc6oc7ccccc7c6cn5)c4c3)c2)c2ccc(-c3ccccc3)cc21. The molecule has 3 aromatic heterocycles. The number of rotatable bonds is 6. The van der Waals surface area contributed by atoms with Crippen LogP contribution in [0.3, 0.4) is 0 Å². The summed E-state index contributed by atoms with van der Waals surface area (Å²) in [6.07, 6.45) is 1.93. The highest BCUT2D eigenvalue weighted by Gasteiger charge is 2.26. The van der Waals surface area contributed by atoms with Gasteiger partial charge in [0.25, 0.3) is 0 Å². The molecule has 0 amide bonds. The lowest BCUT2D eigenvalue weighted by Gasteiger charge is -2.20. The van der Waals surface area contributed by atoms with Crippen molar-refractivity contribution in [3.05, 3.63) is 176 Å². The maximum atomic E-state index is 6.85. The van der Waals surface area contributed by atoms with Crippen LogP contribution in [0.5, 0.6) is 11.5 Å². The first kappa shape index (κ1) is 31.2. The van der Waals surface area contributed by atoms with Gasteiger partial charge in [0.15, 0.2) is 0 Å². The van der Waals surface area contributed by atoms with E-state index in [1.165, 1.54) is 22.5 Å². The number of furan rings is 1. The van der Waals surface area contributed by atoms with E-state index in [-0.39, 0.29) is 0 Å². The van der Waals surface area contributed by atoms with Crippen molar-refractivity contribution in [1.29, 1.82) is 0 Å². The molecule has 0 aliphatic carbocycles. The van der Waals surface area contributed by atoms with Crippen LogP contribution in [0.1, 0.15) is 0 Å². The molecule has 55 heavy (non-hydrogen) atoms.